The summed E-state index contributed by atoms with van der Waals surface area (Å²) in [6, 6.07) is 0.644. The highest BCUT2D eigenvalue weighted by Gasteiger charge is 2.12. The zero-order valence-corrected chi connectivity index (χ0v) is 10.5. The molecule has 0 amide bonds. The van der Waals surface area contributed by atoms with E-state index in [0.29, 0.717) is 6.07 Å². The first kappa shape index (κ1) is 14.1. The first-order valence-corrected chi connectivity index (χ1v) is 7.51. The maximum absolute atomic E-state index is 13.2. The zero-order chi connectivity index (χ0) is 13.1. The van der Waals surface area contributed by atoms with Crippen molar-refractivity contribution in [2.24, 2.45) is 5.84 Å². The van der Waals surface area contributed by atoms with Crippen molar-refractivity contribution in [2.45, 2.75) is 5.03 Å². The molecule has 0 aliphatic carbocycles. The molecule has 0 fully saturated rings. The van der Waals surface area contributed by atoms with Gasteiger partial charge < -0.3 is 5.43 Å². The summed E-state index contributed by atoms with van der Waals surface area (Å²) in [4.78, 5) is 3.59. The highest BCUT2D eigenvalue weighted by molar-refractivity contribution is 8.00. The Morgan fingerprint density at radius 2 is 2.12 bits per heavy atom. The fraction of sp³-hybridized carbons (Fsp3) is 0.375. The summed E-state index contributed by atoms with van der Waals surface area (Å²) in [5.41, 5.74) is 1.99. The Morgan fingerprint density at radius 3 is 2.65 bits per heavy atom. The molecule has 1 aromatic heterocycles. The average molecular weight is 283 g/mol. The summed E-state index contributed by atoms with van der Waals surface area (Å²) in [6.07, 6.45) is 1.08. The number of nitrogens with zero attached hydrogens (tertiary/aromatic N) is 1. The Hall–Kier alpha value is -0.930. The third-order valence-electron chi connectivity index (χ3n) is 1.73. The molecule has 0 atom stereocenters. The summed E-state index contributed by atoms with van der Waals surface area (Å²) in [5.74, 6) is 2.98. The number of anilines is 1. The van der Waals surface area contributed by atoms with Crippen molar-refractivity contribution in [3.8, 4) is 0 Å². The molecule has 0 saturated carbocycles. The van der Waals surface area contributed by atoms with Crippen LogP contribution in [0.5, 0.6) is 0 Å². The van der Waals surface area contributed by atoms with Crippen molar-refractivity contribution in [3.05, 3.63) is 17.7 Å². The molecular weight excluding hydrogens is 272 g/mol. The van der Waals surface area contributed by atoms with E-state index in [-0.39, 0.29) is 22.3 Å². The van der Waals surface area contributed by atoms with E-state index in [1.165, 1.54) is 0 Å². The summed E-state index contributed by atoms with van der Waals surface area (Å²) in [7, 11) is -3.12. The number of thioether (sulfide) groups is 1. The van der Waals surface area contributed by atoms with E-state index in [4.69, 9.17) is 5.84 Å². The van der Waals surface area contributed by atoms with Gasteiger partial charge in [-0.1, -0.05) is 0 Å². The standard InChI is InChI=1S/C8H11F2N3O2S2/c1-17(14,15)3-2-16-8-6(10)4-5(9)7(12-8)13-11/h4H,2-3,11H2,1H3,(H,12,13). The Bertz CT molecular complexity index is 508. The molecule has 0 bridgehead atoms. The molecule has 0 unspecified atom stereocenters. The van der Waals surface area contributed by atoms with Gasteiger partial charge in [-0.05, 0) is 0 Å². The Kier molecular flexibility index (Phi) is 4.66. The smallest absolute Gasteiger partial charge is 0.177 e. The van der Waals surface area contributed by atoms with Gasteiger partial charge in [-0.3, -0.25) is 0 Å². The fourth-order valence-corrected chi connectivity index (χ4v) is 3.03. The molecular formula is C8H11F2N3O2S2. The van der Waals surface area contributed by atoms with Crippen molar-refractivity contribution in [1.82, 2.24) is 4.98 Å². The van der Waals surface area contributed by atoms with Gasteiger partial charge >= 0.3 is 0 Å². The van der Waals surface area contributed by atoms with E-state index in [0.717, 1.165) is 18.0 Å². The highest BCUT2D eigenvalue weighted by Crippen LogP contribution is 2.23. The number of rotatable bonds is 5. The van der Waals surface area contributed by atoms with Crippen LogP contribution in [0, 0.1) is 11.6 Å². The molecule has 5 nitrogen and oxygen atoms in total. The van der Waals surface area contributed by atoms with Crippen LogP contribution < -0.4 is 11.3 Å². The average Bonchev–Trinajstić information content (AvgIpc) is 2.19. The Labute approximate surface area is 102 Å². The highest BCUT2D eigenvalue weighted by atomic mass is 32.2. The predicted octanol–water partition coefficient (Wildman–Crippen LogP) is 0.782. The van der Waals surface area contributed by atoms with Crippen LogP contribution in [-0.4, -0.2) is 31.2 Å². The van der Waals surface area contributed by atoms with Gasteiger partial charge in [0.25, 0.3) is 0 Å². The lowest BCUT2D eigenvalue weighted by molar-refractivity contribution is 0.551. The maximum Gasteiger partial charge on any atom is 0.177 e. The van der Waals surface area contributed by atoms with Crippen molar-refractivity contribution >= 4 is 27.4 Å². The minimum atomic E-state index is -3.12. The predicted molar refractivity (Wildman–Crippen MR) is 62.4 cm³/mol. The van der Waals surface area contributed by atoms with Gasteiger partial charge in [-0.2, -0.15) is 0 Å². The van der Waals surface area contributed by atoms with E-state index in [2.05, 4.69) is 4.98 Å². The topological polar surface area (TPSA) is 85.1 Å². The van der Waals surface area contributed by atoms with Crippen LogP contribution in [0.4, 0.5) is 14.6 Å². The van der Waals surface area contributed by atoms with E-state index < -0.39 is 21.5 Å². The molecule has 0 saturated heterocycles. The number of hydrazine groups is 1. The molecule has 9 heteroatoms. The number of nitrogen functional groups attached to an aromatic ring is 1. The minimum absolute atomic E-state index is 0.0944. The largest absolute Gasteiger partial charge is 0.306 e. The molecule has 0 radical (unpaired) electrons. The van der Waals surface area contributed by atoms with Crippen LogP contribution in [0.1, 0.15) is 0 Å². The second-order valence-electron chi connectivity index (χ2n) is 3.23. The van der Waals surface area contributed by atoms with Crippen LogP contribution in [0.3, 0.4) is 0 Å². The number of nitrogens with two attached hydrogens (primary N) is 1. The lowest BCUT2D eigenvalue weighted by atomic mass is 10.4. The third-order valence-corrected chi connectivity index (χ3v) is 3.90. The number of hydrogen-bond donors (Lipinski definition) is 2. The number of halogens is 2. The molecule has 0 spiro atoms. The number of hydrogen-bond acceptors (Lipinski definition) is 6. The number of nitrogens with one attached hydrogen (secondary N) is 1. The van der Waals surface area contributed by atoms with Crippen molar-refractivity contribution in [3.63, 3.8) is 0 Å². The molecule has 17 heavy (non-hydrogen) atoms. The van der Waals surface area contributed by atoms with Gasteiger partial charge in [0.15, 0.2) is 17.5 Å². The number of sulfone groups is 1. The first-order valence-electron chi connectivity index (χ1n) is 4.46. The van der Waals surface area contributed by atoms with E-state index in [1.807, 2.05) is 5.43 Å². The lowest BCUT2D eigenvalue weighted by Crippen LogP contribution is -2.12. The van der Waals surface area contributed by atoms with Crippen LogP contribution in [0.2, 0.25) is 0 Å². The Balaban J connectivity index is 2.77. The monoisotopic (exact) mass is 283 g/mol. The summed E-state index contributed by atoms with van der Waals surface area (Å²) in [6.45, 7) is 0. The van der Waals surface area contributed by atoms with E-state index in [9.17, 15) is 17.2 Å². The summed E-state index contributed by atoms with van der Waals surface area (Å²) < 4.78 is 48.0. The number of aromatic nitrogens is 1. The van der Waals surface area contributed by atoms with Gasteiger partial charge in [-0.15, -0.1) is 11.8 Å². The van der Waals surface area contributed by atoms with Gasteiger partial charge in [0.05, 0.1) is 5.75 Å². The summed E-state index contributed by atoms with van der Waals surface area (Å²) >= 11 is 0.885. The van der Waals surface area contributed by atoms with Gasteiger partial charge in [0.2, 0.25) is 0 Å². The van der Waals surface area contributed by atoms with E-state index >= 15 is 0 Å². The van der Waals surface area contributed by atoms with Crippen molar-refractivity contribution < 1.29 is 17.2 Å². The minimum Gasteiger partial charge on any atom is -0.306 e. The van der Waals surface area contributed by atoms with Gasteiger partial charge in [0.1, 0.15) is 14.9 Å². The normalized spacial score (nSPS) is 11.5. The molecule has 0 aromatic carbocycles. The fourth-order valence-electron chi connectivity index (χ4n) is 0.942. The zero-order valence-electron chi connectivity index (χ0n) is 8.91. The maximum atomic E-state index is 13.2. The molecule has 3 N–H and O–H groups in total. The third kappa shape index (κ3) is 4.44. The van der Waals surface area contributed by atoms with Crippen molar-refractivity contribution in [1.29, 1.82) is 0 Å². The van der Waals surface area contributed by atoms with Gasteiger partial charge in [0, 0.05) is 18.1 Å². The van der Waals surface area contributed by atoms with E-state index in [1.54, 1.807) is 0 Å². The number of pyridine rings is 1. The van der Waals surface area contributed by atoms with Crippen LogP contribution >= 0.6 is 11.8 Å². The molecule has 0 aliphatic rings. The van der Waals surface area contributed by atoms with Crippen molar-refractivity contribution in [2.75, 3.05) is 23.2 Å². The lowest BCUT2D eigenvalue weighted by Gasteiger charge is -2.06. The van der Waals surface area contributed by atoms with Crippen LogP contribution in [0.15, 0.2) is 11.1 Å². The van der Waals surface area contributed by atoms with Crippen LogP contribution in [0.25, 0.3) is 0 Å². The quantitative estimate of drug-likeness (QED) is 0.472. The second kappa shape index (κ2) is 5.61. The van der Waals surface area contributed by atoms with Crippen LogP contribution in [-0.2, 0) is 9.84 Å². The second-order valence-corrected chi connectivity index (χ2v) is 6.57. The molecule has 1 aromatic rings. The molecule has 1 rings (SSSR count). The molecule has 0 aliphatic heterocycles. The Morgan fingerprint density at radius 1 is 1.47 bits per heavy atom. The SMILES string of the molecule is CS(=O)(=O)CCSc1nc(NN)c(F)cc1F. The summed E-state index contributed by atoms with van der Waals surface area (Å²) in [5, 5.41) is -0.0944. The molecule has 1 heterocycles. The van der Waals surface area contributed by atoms with Gasteiger partial charge in [-0.25, -0.2) is 28.0 Å². The molecule has 96 valence electrons. The first-order chi connectivity index (χ1) is 7.83.